The lowest BCUT2D eigenvalue weighted by atomic mass is 10.2. The Hall–Kier alpha value is -1.26. The number of rotatable bonds is 2. The summed E-state index contributed by atoms with van der Waals surface area (Å²) in [6, 6.07) is 2.37. The molecule has 0 saturated heterocycles. The van der Waals surface area contributed by atoms with Gasteiger partial charge in [0.05, 0.1) is 0 Å². The van der Waals surface area contributed by atoms with Gasteiger partial charge >= 0.3 is 6.30 Å². The number of hydrogen-bond donors (Lipinski definition) is 0. The molecule has 0 aliphatic rings. The Balaban J connectivity index is 3.15. The molecule has 0 fully saturated rings. The predicted molar refractivity (Wildman–Crippen MR) is 46.0 cm³/mol. The highest BCUT2D eigenvalue weighted by molar-refractivity contribution is 5.10. The van der Waals surface area contributed by atoms with Gasteiger partial charge < -0.3 is 0 Å². The fourth-order valence-electron chi connectivity index (χ4n) is 1.17. The molecule has 0 saturated carbocycles. The maximum atomic E-state index is 12.2. The minimum Gasteiger partial charge on any atom is -0.269 e. The Morgan fingerprint density at radius 3 is 2.50 bits per heavy atom. The summed E-state index contributed by atoms with van der Waals surface area (Å²) in [5.41, 5.74) is -0.526. The first-order valence-corrected chi connectivity index (χ1v) is 4.24. The molecule has 0 unspecified atom stereocenters. The molecular formula is C9H10F3NO. The fraction of sp³-hybridized carbons (Fsp3) is 0.444. The Morgan fingerprint density at radius 1 is 1.36 bits per heavy atom. The summed E-state index contributed by atoms with van der Waals surface area (Å²) in [5.74, 6) is 0. The Labute approximate surface area is 79.0 Å². The van der Waals surface area contributed by atoms with E-state index >= 15 is 0 Å². The van der Waals surface area contributed by atoms with Crippen molar-refractivity contribution in [2.75, 3.05) is 0 Å². The van der Waals surface area contributed by atoms with Crippen LogP contribution in [0, 0.1) is 0 Å². The van der Waals surface area contributed by atoms with Crippen molar-refractivity contribution in [1.82, 2.24) is 4.57 Å². The summed E-state index contributed by atoms with van der Waals surface area (Å²) in [6.45, 7) is 1.86. The van der Waals surface area contributed by atoms with Crippen molar-refractivity contribution in [3.05, 3.63) is 34.2 Å². The van der Waals surface area contributed by atoms with Crippen LogP contribution in [0.3, 0.4) is 0 Å². The SMILES string of the molecule is CCCc1ccc(=O)n(C(F)(F)F)c1. The number of hydrogen-bond acceptors (Lipinski definition) is 1. The van der Waals surface area contributed by atoms with Gasteiger partial charge in [-0.2, -0.15) is 0 Å². The van der Waals surface area contributed by atoms with Crippen LogP contribution in [-0.2, 0) is 12.7 Å². The lowest BCUT2D eigenvalue weighted by Crippen LogP contribution is -2.29. The smallest absolute Gasteiger partial charge is 0.269 e. The minimum absolute atomic E-state index is 0.196. The highest BCUT2D eigenvalue weighted by Gasteiger charge is 2.31. The van der Waals surface area contributed by atoms with Crippen molar-refractivity contribution >= 4 is 0 Å². The molecule has 0 aliphatic heterocycles. The fourth-order valence-corrected chi connectivity index (χ4v) is 1.17. The summed E-state index contributed by atoms with van der Waals surface area (Å²) in [7, 11) is 0. The molecule has 1 rings (SSSR count). The molecular weight excluding hydrogens is 195 g/mol. The van der Waals surface area contributed by atoms with Crippen molar-refractivity contribution in [1.29, 1.82) is 0 Å². The first kappa shape index (κ1) is 10.8. The molecule has 0 spiro atoms. The third kappa shape index (κ3) is 2.37. The van der Waals surface area contributed by atoms with E-state index < -0.39 is 11.9 Å². The van der Waals surface area contributed by atoms with Gasteiger partial charge in [-0.25, -0.2) is 4.57 Å². The zero-order valence-corrected chi connectivity index (χ0v) is 7.64. The third-order valence-corrected chi connectivity index (χ3v) is 1.78. The molecule has 1 heterocycles. The molecule has 0 radical (unpaired) electrons. The largest absolute Gasteiger partial charge is 0.491 e. The van der Waals surface area contributed by atoms with Gasteiger partial charge in [-0.1, -0.05) is 19.4 Å². The molecule has 0 N–H and O–H groups in total. The van der Waals surface area contributed by atoms with E-state index in [9.17, 15) is 18.0 Å². The monoisotopic (exact) mass is 205 g/mol. The summed E-state index contributed by atoms with van der Waals surface area (Å²) in [4.78, 5) is 10.9. The average molecular weight is 205 g/mol. The second-order valence-corrected chi connectivity index (χ2v) is 2.96. The second-order valence-electron chi connectivity index (χ2n) is 2.96. The van der Waals surface area contributed by atoms with E-state index in [1.165, 1.54) is 6.07 Å². The Morgan fingerprint density at radius 2 is 2.00 bits per heavy atom. The molecule has 0 aromatic carbocycles. The summed E-state index contributed by atoms with van der Waals surface area (Å²) >= 11 is 0. The number of aryl methyl sites for hydroxylation is 1. The maximum absolute atomic E-state index is 12.2. The van der Waals surface area contributed by atoms with Crippen LogP contribution in [0.2, 0.25) is 0 Å². The number of alkyl halides is 3. The van der Waals surface area contributed by atoms with Crippen molar-refractivity contribution in [2.24, 2.45) is 0 Å². The van der Waals surface area contributed by atoms with E-state index in [0.29, 0.717) is 12.0 Å². The number of aromatic nitrogens is 1. The van der Waals surface area contributed by atoms with Crippen LogP contribution in [0.25, 0.3) is 0 Å². The standard InChI is InChI=1S/C9H10F3NO/c1-2-3-7-4-5-8(14)13(6-7)9(10,11)12/h4-6H,2-3H2,1H3. The van der Waals surface area contributed by atoms with E-state index in [1.54, 1.807) is 0 Å². The first-order valence-electron chi connectivity index (χ1n) is 4.24. The lowest BCUT2D eigenvalue weighted by Gasteiger charge is -2.10. The van der Waals surface area contributed by atoms with E-state index in [-0.39, 0.29) is 4.57 Å². The van der Waals surface area contributed by atoms with Crippen LogP contribution in [0.1, 0.15) is 18.9 Å². The topological polar surface area (TPSA) is 22.0 Å². The van der Waals surface area contributed by atoms with Gasteiger partial charge in [0.15, 0.2) is 0 Å². The Kier molecular flexibility index (Phi) is 2.98. The van der Waals surface area contributed by atoms with E-state index in [4.69, 9.17) is 0 Å². The van der Waals surface area contributed by atoms with Gasteiger partial charge in [0.2, 0.25) is 0 Å². The Bertz CT molecular complexity index is 367. The number of pyridine rings is 1. The van der Waals surface area contributed by atoms with Crippen LogP contribution in [0.15, 0.2) is 23.1 Å². The van der Waals surface area contributed by atoms with Gasteiger partial charge in [-0.3, -0.25) is 4.79 Å². The molecule has 14 heavy (non-hydrogen) atoms. The van der Waals surface area contributed by atoms with Gasteiger partial charge in [0.1, 0.15) is 0 Å². The molecule has 0 bridgehead atoms. The van der Waals surface area contributed by atoms with Gasteiger partial charge in [0.25, 0.3) is 5.56 Å². The van der Waals surface area contributed by atoms with Crippen molar-refractivity contribution in [3.8, 4) is 0 Å². The van der Waals surface area contributed by atoms with E-state index in [2.05, 4.69) is 0 Å². The van der Waals surface area contributed by atoms with E-state index in [1.807, 2.05) is 6.92 Å². The minimum atomic E-state index is -4.62. The van der Waals surface area contributed by atoms with Crippen LogP contribution >= 0.6 is 0 Å². The van der Waals surface area contributed by atoms with Crippen LogP contribution < -0.4 is 5.56 Å². The lowest BCUT2D eigenvalue weighted by molar-refractivity contribution is -0.206. The highest BCUT2D eigenvalue weighted by Crippen LogP contribution is 2.20. The first-order chi connectivity index (χ1) is 6.45. The third-order valence-electron chi connectivity index (χ3n) is 1.78. The normalized spacial score (nSPS) is 11.7. The summed E-state index contributed by atoms with van der Waals surface area (Å²) < 4.78 is 36.5. The van der Waals surface area contributed by atoms with Crippen LogP contribution in [-0.4, -0.2) is 4.57 Å². The molecule has 2 nitrogen and oxygen atoms in total. The summed E-state index contributed by atoms with van der Waals surface area (Å²) in [6.07, 6.45) is -2.49. The maximum Gasteiger partial charge on any atom is 0.491 e. The molecule has 1 aromatic heterocycles. The molecule has 0 aliphatic carbocycles. The van der Waals surface area contributed by atoms with E-state index in [0.717, 1.165) is 18.7 Å². The van der Waals surface area contributed by atoms with Gasteiger partial charge in [-0.05, 0) is 12.0 Å². The second kappa shape index (κ2) is 3.86. The number of nitrogens with zero attached hydrogens (tertiary/aromatic N) is 1. The predicted octanol–water partition coefficient (Wildman–Crippen LogP) is 2.28. The zero-order chi connectivity index (χ0) is 10.8. The number of halogens is 3. The molecule has 0 atom stereocenters. The van der Waals surface area contributed by atoms with Gasteiger partial charge in [-0.15, -0.1) is 13.2 Å². The van der Waals surface area contributed by atoms with Crippen LogP contribution in [0.4, 0.5) is 13.2 Å². The van der Waals surface area contributed by atoms with Gasteiger partial charge in [0, 0.05) is 12.3 Å². The molecule has 0 amide bonds. The molecule has 5 heteroatoms. The van der Waals surface area contributed by atoms with Crippen molar-refractivity contribution in [3.63, 3.8) is 0 Å². The molecule has 1 aromatic rings. The summed E-state index contributed by atoms with van der Waals surface area (Å²) in [5, 5.41) is 0. The average Bonchev–Trinajstić information content (AvgIpc) is 2.07. The van der Waals surface area contributed by atoms with Crippen molar-refractivity contribution in [2.45, 2.75) is 26.1 Å². The van der Waals surface area contributed by atoms with Crippen LogP contribution in [0.5, 0.6) is 0 Å². The quantitative estimate of drug-likeness (QED) is 0.725. The zero-order valence-electron chi connectivity index (χ0n) is 7.64. The van der Waals surface area contributed by atoms with Crippen molar-refractivity contribution < 1.29 is 13.2 Å². The molecule has 78 valence electrons. The highest BCUT2D eigenvalue weighted by atomic mass is 19.4.